The molecule has 0 aliphatic rings. The quantitative estimate of drug-likeness (QED) is 0.687. The van der Waals surface area contributed by atoms with Crippen LogP contribution in [-0.4, -0.2) is 20.9 Å². The Labute approximate surface area is 129 Å². The molecule has 0 unspecified atom stereocenters. The third kappa shape index (κ3) is 4.44. The minimum atomic E-state index is -1.75. The predicted molar refractivity (Wildman–Crippen MR) is 82.5 cm³/mol. The Hall–Kier alpha value is -1.62. The molecule has 3 N–H and O–H groups in total. The van der Waals surface area contributed by atoms with Crippen molar-refractivity contribution in [3.63, 3.8) is 0 Å². The molecule has 0 spiro atoms. The van der Waals surface area contributed by atoms with Gasteiger partial charge in [0.25, 0.3) is 6.08 Å². The number of hydrogen-bond donors (Lipinski definition) is 3. The van der Waals surface area contributed by atoms with Crippen LogP contribution in [0.1, 0.15) is 48.4 Å². The highest BCUT2D eigenvalue weighted by Crippen LogP contribution is 2.37. The first-order chi connectivity index (χ1) is 10.1. The number of allylic oxidation sites excluding steroid dienone is 1. The number of phenolic OH excluding ortho intramolecular Hbond substituents is 2. The van der Waals surface area contributed by atoms with Crippen molar-refractivity contribution in [1.29, 1.82) is 0 Å². The second-order valence-electron chi connectivity index (χ2n) is 6.08. The van der Waals surface area contributed by atoms with E-state index in [4.69, 9.17) is 0 Å². The van der Waals surface area contributed by atoms with E-state index >= 15 is 0 Å². The highest BCUT2D eigenvalue weighted by Gasteiger charge is 2.23. The van der Waals surface area contributed by atoms with E-state index in [0.717, 1.165) is 6.08 Å². The fraction of sp³-hybridized carbons (Fsp3) is 0.529. The van der Waals surface area contributed by atoms with E-state index in [1.807, 2.05) is 0 Å². The lowest BCUT2D eigenvalue weighted by Crippen LogP contribution is -2.24. The summed E-state index contributed by atoms with van der Waals surface area (Å²) in [5.41, 5.74) is 1.31. The zero-order valence-electron chi connectivity index (χ0n) is 13.5. The maximum atomic E-state index is 12.0. The van der Waals surface area contributed by atoms with E-state index in [2.05, 4.69) is 0 Å². The van der Waals surface area contributed by atoms with Crippen molar-refractivity contribution in [1.82, 2.24) is 0 Å². The van der Waals surface area contributed by atoms with E-state index < -0.39 is 11.7 Å². The number of benzene rings is 1. The first kappa shape index (κ1) is 18.4. The summed E-state index contributed by atoms with van der Waals surface area (Å²) in [6.07, 6.45) is 0.0217. The summed E-state index contributed by atoms with van der Waals surface area (Å²) >= 11 is 0. The first-order valence-corrected chi connectivity index (χ1v) is 7.31. The second-order valence-corrected chi connectivity index (χ2v) is 6.08. The van der Waals surface area contributed by atoms with Crippen LogP contribution < -0.4 is 0 Å². The van der Waals surface area contributed by atoms with Crippen molar-refractivity contribution in [3.05, 3.63) is 34.4 Å². The number of rotatable bonds is 6. The van der Waals surface area contributed by atoms with E-state index in [1.165, 1.54) is 0 Å². The Morgan fingerprint density at radius 3 is 2.09 bits per heavy atom. The Bertz CT molecular complexity index is 545. The van der Waals surface area contributed by atoms with E-state index in [1.54, 1.807) is 27.7 Å². The van der Waals surface area contributed by atoms with Gasteiger partial charge in [-0.25, -0.2) is 0 Å². The molecule has 5 heteroatoms. The molecule has 0 aromatic heterocycles. The molecule has 0 saturated carbocycles. The third-order valence-corrected chi connectivity index (χ3v) is 4.26. The van der Waals surface area contributed by atoms with Crippen LogP contribution in [0.15, 0.2) is 12.2 Å². The highest BCUT2D eigenvalue weighted by atomic mass is 19.3. The average Bonchev–Trinajstić information content (AvgIpc) is 2.42. The SMILES string of the molecule is Cc1c(C)c(O)c(CC[C@@](C)(O)CCC=C(F)F)c(C)c1O. The number of aliphatic hydroxyl groups is 1. The molecular formula is C17H24F2O3. The normalized spacial score (nSPS) is 13.8. The molecule has 1 atom stereocenters. The molecule has 3 nitrogen and oxygen atoms in total. The topological polar surface area (TPSA) is 60.7 Å². The largest absolute Gasteiger partial charge is 0.507 e. The molecular weight excluding hydrogens is 290 g/mol. The van der Waals surface area contributed by atoms with E-state index in [-0.39, 0.29) is 24.3 Å². The Balaban J connectivity index is 2.86. The number of phenols is 2. The third-order valence-electron chi connectivity index (χ3n) is 4.26. The molecule has 0 fully saturated rings. The van der Waals surface area contributed by atoms with Gasteiger partial charge in [0.15, 0.2) is 0 Å². The lowest BCUT2D eigenvalue weighted by molar-refractivity contribution is 0.0429. The van der Waals surface area contributed by atoms with Gasteiger partial charge >= 0.3 is 0 Å². The van der Waals surface area contributed by atoms with Crippen molar-refractivity contribution in [2.24, 2.45) is 0 Å². The Kier molecular flexibility index (Phi) is 5.94. The summed E-state index contributed by atoms with van der Waals surface area (Å²) < 4.78 is 24.0. The number of hydrogen-bond acceptors (Lipinski definition) is 3. The van der Waals surface area contributed by atoms with E-state index in [9.17, 15) is 24.1 Å². The fourth-order valence-corrected chi connectivity index (χ4v) is 2.50. The van der Waals surface area contributed by atoms with Crippen LogP contribution in [0.4, 0.5) is 8.78 Å². The second kappa shape index (κ2) is 7.09. The summed E-state index contributed by atoms with van der Waals surface area (Å²) in [7, 11) is 0. The molecule has 1 aromatic carbocycles. The molecule has 22 heavy (non-hydrogen) atoms. The summed E-state index contributed by atoms with van der Waals surface area (Å²) in [5, 5.41) is 30.5. The molecule has 0 heterocycles. The van der Waals surface area contributed by atoms with E-state index in [0.29, 0.717) is 35.1 Å². The molecule has 0 aliphatic carbocycles. The van der Waals surface area contributed by atoms with Crippen molar-refractivity contribution in [3.8, 4) is 11.5 Å². The summed E-state index contributed by atoms with van der Waals surface area (Å²) in [4.78, 5) is 0. The van der Waals surface area contributed by atoms with Crippen LogP contribution >= 0.6 is 0 Å². The molecule has 0 aliphatic heterocycles. The van der Waals surface area contributed by atoms with Crippen molar-refractivity contribution < 1.29 is 24.1 Å². The molecule has 0 bridgehead atoms. The minimum absolute atomic E-state index is 0.0957. The summed E-state index contributed by atoms with van der Waals surface area (Å²) in [6, 6.07) is 0. The van der Waals surface area contributed by atoms with Crippen LogP contribution in [0.25, 0.3) is 0 Å². The Morgan fingerprint density at radius 1 is 1.00 bits per heavy atom. The molecule has 0 saturated heterocycles. The van der Waals surface area contributed by atoms with Gasteiger partial charge in [0.05, 0.1) is 5.60 Å². The van der Waals surface area contributed by atoms with Gasteiger partial charge in [-0.2, -0.15) is 8.78 Å². The summed E-state index contributed by atoms with van der Waals surface area (Å²) in [6.45, 7) is 6.76. The zero-order chi connectivity index (χ0) is 17.1. The maximum Gasteiger partial charge on any atom is 0.266 e. The maximum absolute atomic E-state index is 12.0. The van der Waals surface area contributed by atoms with Gasteiger partial charge in [0.2, 0.25) is 0 Å². The Morgan fingerprint density at radius 2 is 1.55 bits per heavy atom. The smallest absolute Gasteiger partial charge is 0.266 e. The number of aromatic hydroxyl groups is 2. The van der Waals surface area contributed by atoms with Crippen LogP contribution in [-0.2, 0) is 6.42 Å². The molecule has 1 aromatic rings. The molecule has 124 valence electrons. The average molecular weight is 314 g/mol. The van der Waals surface area contributed by atoms with Gasteiger partial charge in [-0.1, -0.05) is 0 Å². The lowest BCUT2D eigenvalue weighted by Gasteiger charge is -2.24. The highest BCUT2D eigenvalue weighted by molar-refractivity contribution is 5.56. The fourth-order valence-electron chi connectivity index (χ4n) is 2.50. The van der Waals surface area contributed by atoms with Crippen molar-refractivity contribution >= 4 is 0 Å². The lowest BCUT2D eigenvalue weighted by atomic mass is 9.88. The van der Waals surface area contributed by atoms with Crippen LogP contribution in [0.2, 0.25) is 0 Å². The van der Waals surface area contributed by atoms with Crippen LogP contribution in [0.5, 0.6) is 11.5 Å². The van der Waals surface area contributed by atoms with Gasteiger partial charge in [-0.15, -0.1) is 0 Å². The summed E-state index contributed by atoms with van der Waals surface area (Å²) in [5.74, 6) is 0.269. The van der Waals surface area contributed by atoms with Gasteiger partial charge in [0.1, 0.15) is 11.5 Å². The van der Waals surface area contributed by atoms with Crippen LogP contribution in [0.3, 0.4) is 0 Å². The molecule has 1 rings (SSSR count). The zero-order valence-corrected chi connectivity index (χ0v) is 13.5. The van der Waals surface area contributed by atoms with Gasteiger partial charge < -0.3 is 15.3 Å². The standard InChI is InChI=1S/C17H24F2O3/c1-10-11(2)16(21)13(12(3)15(10)20)7-9-17(4,22)8-5-6-14(18)19/h6,20-22H,5,7-9H2,1-4H3/t17-/m0/s1. The van der Waals surface area contributed by atoms with Gasteiger partial charge in [0, 0.05) is 5.56 Å². The monoisotopic (exact) mass is 314 g/mol. The van der Waals surface area contributed by atoms with Crippen molar-refractivity contribution in [2.75, 3.05) is 0 Å². The van der Waals surface area contributed by atoms with Crippen molar-refractivity contribution in [2.45, 2.75) is 59.0 Å². The minimum Gasteiger partial charge on any atom is -0.507 e. The predicted octanol–water partition coefficient (Wildman–Crippen LogP) is 4.27. The van der Waals surface area contributed by atoms with Crippen LogP contribution in [0, 0.1) is 20.8 Å². The first-order valence-electron chi connectivity index (χ1n) is 7.31. The number of halogens is 2. The van der Waals surface area contributed by atoms with Gasteiger partial charge in [-0.05, 0) is 76.1 Å². The molecule has 0 radical (unpaired) electrons. The molecule has 0 amide bonds. The van der Waals surface area contributed by atoms with Gasteiger partial charge in [-0.3, -0.25) is 0 Å².